The lowest BCUT2D eigenvalue weighted by Crippen LogP contribution is -2.40. The summed E-state index contributed by atoms with van der Waals surface area (Å²) in [5, 5.41) is 2.60. The highest BCUT2D eigenvalue weighted by Gasteiger charge is 2.21. The van der Waals surface area contributed by atoms with Crippen molar-refractivity contribution in [3.8, 4) is 22.1 Å². The number of aromatic nitrogens is 1. The number of benzene rings is 1. The number of hydrogen-bond acceptors (Lipinski definition) is 6. The fourth-order valence-corrected chi connectivity index (χ4v) is 3.36. The molecule has 0 aliphatic carbocycles. The molecule has 7 heteroatoms. The van der Waals surface area contributed by atoms with Gasteiger partial charge in [-0.15, -0.1) is 11.3 Å². The summed E-state index contributed by atoms with van der Waals surface area (Å²) >= 11 is 1.45. The van der Waals surface area contributed by atoms with E-state index in [-0.39, 0.29) is 5.91 Å². The van der Waals surface area contributed by atoms with Gasteiger partial charge in [0.05, 0.1) is 26.9 Å². The average molecular weight is 362 g/mol. The van der Waals surface area contributed by atoms with Crippen LogP contribution >= 0.6 is 11.3 Å². The molecule has 134 valence electrons. The number of amides is 1. The van der Waals surface area contributed by atoms with Gasteiger partial charge < -0.3 is 19.1 Å². The van der Waals surface area contributed by atoms with Crippen LogP contribution in [-0.4, -0.2) is 55.8 Å². The Morgan fingerprint density at radius 2 is 2.12 bits per heavy atom. The molecule has 2 heterocycles. The first-order valence-corrected chi connectivity index (χ1v) is 9.24. The van der Waals surface area contributed by atoms with Gasteiger partial charge in [-0.05, 0) is 24.6 Å². The number of carbonyl (C=O) groups is 1. The molecule has 1 aromatic carbocycles. The van der Waals surface area contributed by atoms with Gasteiger partial charge in [-0.1, -0.05) is 6.92 Å². The van der Waals surface area contributed by atoms with Gasteiger partial charge in [0.15, 0.2) is 11.5 Å². The van der Waals surface area contributed by atoms with E-state index in [4.69, 9.17) is 14.2 Å². The van der Waals surface area contributed by atoms with Crippen LogP contribution in [0.2, 0.25) is 0 Å². The van der Waals surface area contributed by atoms with Gasteiger partial charge in [-0.3, -0.25) is 4.79 Å². The van der Waals surface area contributed by atoms with E-state index < -0.39 is 0 Å². The van der Waals surface area contributed by atoms with Crippen LogP contribution in [0.4, 0.5) is 0 Å². The van der Waals surface area contributed by atoms with E-state index in [0.717, 1.165) is 17.0 Å². The van der Waals surface area contributed by atoms with Crippen molar-refractivity contribution in [1.29, 1.82) is 0 Å². The first-order chi connectivity index (χ1) is 12.2. The van der Waals surface area contributed by atoms with E-state index in [2.05, 4.69) is 11.9 Å². The van der Waals surface area contributed by atoms with Crippen molar-refractivity contribution in [2.75, 3.05) is 40.0 Å². The largest absolute Gasteiger partial charge is 0.493 e. The Hall–Kier alpha value is -2.12. The summed E-state index contributed by atoms with van der Waals surface area (Å²) in [6, 6.07) is 5.72. The number of nitrogens with zero attached hydrogens (tertiary/aromatic N) is 2. The molecule has 1 aromatic heterocycles. The van der Waals surface area contributed by atoms with Crippen LogP contribution in [0.15, 0.2) is 23.6 Å². The van der Waals surface area contributed by atoms with Crippen LogP contribution in [0.25, 0.3) is 10.6 Å². The molecule has 0 bridgehead atoms. The summed E-state index contributed by atoms with van der Waals surface area (Å²) in [6.45, 7) is 5.10. The van der Waals surface area contributed by atoms with E-state index in [1.54, 1.807) is 17.4 Å². The quantitative estimate of drug-likeness (QED) is 0.790. The Morgan fingerprint density at radius 3 is 2.84 bits per heavy atom. The van der Waals surface area contributed by atoms with Gasteiger partial charge >= 0.3 is 0 Å². The molecule has 0 saturated carbocycles. The number of ether oxygens (including phenoxy) is 3. The number of methoxy groups -OCH3 is 1. The van der Waals surface area contributed by atoms with Crippen molar-refractivity contribution in [2.24, 2.45) is 0 Å². The molecule has 1 aliphatic rings. The Bertz CT molecular complexity index is 726. The van der Waals surface area contributed by atoms with Gasteiger partial charge in [0, 0.05) is 24.0 Å². The number of carbonyl (C=O) groups excluding carboxylic acids is 1. The summed E-state index contributed by atoms with van der Waals surface area (Å²) in [4.78, 5) is 18.8. The van der Waals surface area contributed by atoms with Crippen molar-refractivity contribution < 1.29 is 19.0 Å². The van der Waals surface area contributed by atoms with Crippen LogP contribution in [0.5, 0.6) is 11.5 Å². The summed E-state index contributed by atoms with van der Waals surface area (Å²) in [7, 11) is 1.62. The second kappa shape index (κ2) is 8.31. The number of rotatable bonds is 6. The number of hydrogen-bond donors (Lipinski definition) is 0. The molecule has 1 amide bonds. The summed E-state index contributed by atoms with van der Waals surface area (Å²) in [5.41, 5.74) is 1.39. The Morgan fingerprint density at radius 1 is 1.32 bits per heavy atom. The minimum Gasteiger partial charge on any atom is -0.493 e. The van der Waals surface area contributed by atoms with Crippen molar-refractivity contribution in [3.63, 3.8) is 0 Å². The van der Waals surface area contributed by atoms with Crippen molar-refractivity contribution in [1.82, 2.24) is 9.88 Å². The van der Waals surface area contributed by atoms with Gasteiger partial charge in [0.1, 0.15) is 10.7 Å². The Balaban J connectivity index is 1.78. The second-order valence-electron chi connectivity index (χ2n) is 5.66. The minimum absolute atomic E-state index is 0.0411. The summed E-state index contributed by atoms with van der Waals surface area (Å²) in [6.07, 6.45) is 0.935. The highest BCUT2D eigenvalue weighted by atomic mass is 32.1. The highest BCUT2D eigenvalue weighted by Crippen LogP contribution is 2.34. The van der Waals surface area contributed by atoms with Crippen LogP contribution in [0.1, 0.15) is 23.8 Å². The lowest BCUT2D eigenvalue weighted by atomic mass is 10.2. The van der Waals surface area contributed by atoms with Crippen molar-refractivity contribution in [3.05, 3.63) is 29.3 Å². The first-order valence-electron chi connectivity index (χ1n) is 8.36. The molecule has 1 aliphatic heterocycles. The second-order valence-corrected chi connectivity index (χ2v) is 6.51. The van der Waals surface area contributed by atoms with E-state index in [9.17, 15) is 4.79 Å². The maximum absolute atomic E-state index is 12.5. The molecule has 0 atom stereocenters. The predicted octanol–water partition coefficient (Wildman–Crippen LogP) is 3.08. The Kier molecular flexibility index (Phi) is 5.88. The monoisotopic (exact) mass is 362 g/mol. The minimum atomic E-state index is -0.0411. The molecular formula is C18H22N2O4S. The number of thiazole rings is 1. The molecule has 2 aromatic rings. The SMILES string of the molecule is CCCOc1ccc(-c2nc(C(=O)N3CCOCC3)cs2)cc1OC. The third-order valence-electron chi connectivity index (χ3n) is 3.89. The topological polar surface area (TPSA) is 60.9 Å². The summed E-state index contributed by atoms with van der Waals surface area (Å²) < 4.78 is 16.4. The number of morpholine rings is 1. The van der Waals surface area contributed by atoms with Crippen molar-refractivity contribution >= 4 is 17.2 Å². The normalized spacial score (nSPS) is 14.4. The van der Waals surface area contributed by atoms with E-state index in [1.807, 2.05) is 18.2 Å². The predicted molar refractivity (Wildman–Crippen MR) is 96.6 cm³/mol. The molecule has 0 unspecified atom stereocenters. The lowest BCUT2D eigenvalue weighted by molar-refractivity contribution is 0.0299. The van der Waals surface area contributed by atoms with Crippen LogP contribution in [-0.2, 0) is 4.74 Å². The average Bonchev–Trinajstić information content (AvgIpc) is 3.16. The molecule has 3 rings (SSSR count). The van der Waals surface area contributed by atoms with Crippen molar-refractivity contribution in [2.45, 2.75) is 13.3 Å². The standard InChI is InChI=1S/C18H22N2O4S/c1-3-8-24-15-5-4-13(11-16(15)22-2)17-19-14(12-25-17)18(21)20-6-9-23-10-7-20/h4-5,11-12H,3,6-10H2,1-2H3. The molecule has 1 saturated heterocycles. The molecule has 0 spiro atoms. The van der Waals surface area contributed by atoms with E-state index >= 15 is 0 Å². The first kappa shape index (κ1) is 17.7. The zero-order valence-corrected chi connectivity index (χ0v) is 15.3. The third-order valence-corrected chi connectivity index (χ3v) is 4.79. The fourth-order valence-electron chi connectivity index (χ4n) is 2.56. The van der Waals surface area contributed by atoms with E-state index in [0.29, 0.717) is 50.1 Å². The molecule has 1 fully saturated rings. The molecule has 0 radical (unpaired) electrons. The van der Waals surface area contributed by atoms with Gasteiger partial charge in [-0.2, -0.15) is 0 Å². The van der Waals surface area contributed by atoms with Crippen LogP contribution < -0.4 is 9.47 Å². The fraction of sp³-hybridized carbons (Fsp3) is 0.444. The van der Waals surface area contributed by atoms with Gasteiger partial charge in [-0.25, -0.2) is 4.98 Å². The third kappa shape index (κ3) is 4.11. The maximum Gasteiger partial charge on any atom is 0.273 e. The smallest absolute Gasteiger partial charge is 0.273 e. The zero-order valence-electron chi connectivity index (χ0n) is 14.5. The van der Waals surface area contributed by atoms with Crippen LogP contribution in [0.3, 0.4) is 0 Å². The summed E-state index contributed by atoms with van der Waals surface area (Å²) in [5.74, 6) is 1.34. The zero-order chi connectivity index (χ0) is 17.6. The Labute approximate surface area is 151 Å². The highest BCUT2D eigenvalue weighted by molar-refractivity contribution is 7.13. The van der Waals surface area contributed by atoms with Crippen LogP contribution in [0, 0.1) is 0 Å². The molecule has 25 heavy (non-hydrogen) atoms. The molecular weight excluding hydrogens is 340 g/mol. The van der Waals surface area contributed by atoms with Gasteiger partial charge in [0.25, 0.3) is 5.91 Å². The lowest BCUT2D eigenvalue weighted by Gasteiger charge is -2.25. The molecule has 6 nitrogen and oxygen atoms in total. The maximum atomic E-state index is 12.5. The van der Waals surface area contributed by atoms with E-state index in [1.165, 1.54) is 11.3 Å². The van der Waals surface area contributed by atoms with Gasteiger partial charge in [0.2, 0.25) is 0 Å². The molecule has 0 N–H and O–H groups in total.